The Balaban J connectivity index is 1.31. The zero-order valence-corrected chi connectivity index (χ0v) is 20.4. The van der Waals surface area contributed by atoms with Crippen LogP contribution in [0.3, 0.4) is 0 Å². The molecule has 0 radical (unpaired) electrons. The Hall–Kier alpha value is -3.59. The van der Waals surface area contributed by atoms with Gasteiger partial charge in [-0.25, -0.2) is 9.37 Å². The number of hydrogen-bond acceptors (Lipinski definition) is 6. The van der Waals surface area contributed by atoms with Gasteiger partial charge in [0.2, 0.25) is 10.8 Å². The summed E-state index contributed by atoms with van der Waals surface area (Å²) in [4.78, 5) is 10.6. The number of aromatic nitrogens is 3. The Morgan fingerprint density at radius 1 is 0.722 bits per heavy atom. The van der Waals surface area contributed by atoms with Crippen molar-refractivity contribution < 1.29 is 9.50 Å². The zero-order valence-electron chi connectivity index (χ0n) is 19.6. The molecule has 1 aliphatic heterocycles. The number of hydrogen-bond donors (Lipinski definition) is 1. The first-order chi connectivity index (χ1) is 17.7. The van der Waals surface area contributed by atoms with Crippen molar-refractivity contribution >= 4 is 16.3 Å². The SMILES string of the molecule is Oc1c(C(c2ccc(F)cc2)N2CCN(C(c3ccccc3)c3ccccc3)CC2)sc2ncnn12. The predicted molar refractivity (Wildman–Crippen MR) is 139 cm³/mol. The van der Waals surface area contributed by atoms with Crippen molar-refractivity contribution in [2.45, 2.75) is 12.1 Å². The molecule has 2 aromatic heterocycles. The maximum atomic E-state index is 13.8. The summed E-state index contributed by atoms with van der Waals surface area (Å²) in [6.45, 7) is 3.30. The molecule has 6 nitrogen and oxygen atoms in total. The zero-order chi connectivity index (χ0) is 24.5. The van der Waals surface area contributed by atoms with E-state index in [4.69, 9.17) is 0 Å². The topological polar surface area (TPSA) is 56.9 Å². The first-order valence-electron chi connectivity index (χ1n) is 12.0. The lowest BCUT2D eigenvalue weighted by Gasteiger charge is -2.42. The third-order valence-electron chi connectivity index (χ3n) is 6.88. The van der Waals surface area contributed by atoms with E-state index in [-0.39, 0.29) is 23.8 Å². The van der Waals surface area contributed by atoms with Crippen molar-refractivity contribution in [3.05, 3.63) is 119 Å². The van der Waals surface area contributed by atoms with Crippen LogP contribution < -0.4 is 0 Å². The molecule has 0 aliphatic carbocycles. The Kier molecular flexibility index (Phi) is 6.23. The fourth-order valence-electron chi connectivity index (χ4n) is 5.18. The molecule has 0 bridgehead atoms. The van der Waals surface area contributed by atoms with Crippen LogP contribution in [0.15, 0.2) is 91.3 Å². The first-order valence-corrected chi connectivity index (χ1v) is 12.9. The molecule has 0 spiro atoms. The molecule has 0 amide bonds. The number of piperazine rings is 1. The van der Waals surface area contributed by atoms with Gasteiger partial charge in [0.15, 0.2) is 0 Å². The highest BCUT2D eigenvalue weighted by atomic mass is 32.1. The van der Waals surface area contributed by atoms with Gasteiger partial charge in [0.1, 0.15) is 12.1 Å². The highest BCUT2D eigenvalue weighted by molar-refractivity contribution is 7.17. The van der Waals surface area contributed by atoms with Crippen molar-refractivity contribution in [3.63, 3.8) is 0 Å². The lowest BCUT2D eigenvalue weighted by atomic mass is 9.96. The summed E-state index contributed by atoms with van der Waals surface area (Å²) in [6, 6.07) is 27.8. The summed E-state index contributed by atoms with van der Waals surface area (Å²) in [5.74, 6) is -0.182. The van der Waals surface area contributed by atoms with E-state index in [2.05, 4.69) is 80.5 Å². The van der Waals surface area contributed by atoms with E-state index in [0.29, 0.717) is 4.96 Å². The quantitative estimate of drug-likeness (QED) is 0.351. The van der Waals surface area contributed by atoms with Gasteiger partial charge in [-0.15, -0.1) is 0 Å². The fourth-order valence-corrected chi connectivity index (χ4v) is 6.28. The molecular formula is C28H26FN5OS. The van der Waals surface area contributed by atoms with Crippen LogP contribution in [0.2, 0.25) is 0 Å². The summed E-state index contributed by atoms with van der Waals surface area (Å²) in [5, 5.41) is 15.1. The van der Waals surface area contributed by atoms with Gasteiger partial charge in [0.05, 0.1) is 17.0 Å². The third-order valence-corrected chi connectivity index (χ3v) is 7.97. The smallest absolute Gasteiger partial charge is 0.230 e. The molecule has 1 atom stereocenters. The van der Waals surface area contributed by atoms with Gasteiger partial charge in [-0.1, -0.05) is 84.1 Å². The van der Waals surface area contributed by atoms with Gasteiger partial charge in [0, 0.05) is 26.2 Å². The van der Waals surface area contributed by atoms with Gasteiger partial charge < -0.3 is 5.11 Å². The number of nitrogens with zero attached hydrogens (tertiary/aromatic N) is 5. The van der Waals surface area contributed by atoms with Crippen molar-refractivity contribution in [1.29, 1.82) is 0 Å². The van der Waals surface area contributed by atoms with E-state index in [9.17, 15) is 9.50 Å². The molecule has 1 aliphatic rings. The molecule has 1 fully saturated rings. The first kappa shape index (κ1) is 22.8. The van der Waals surface area contributed by atoms with E-state index >= 15 is 0 Å². The number of aromatic hydroxyl groups is 1. The molecule has 1 saturated heterocycles. The molecule has 8 heteroatoms. The summed E-state index contributed by atoms with van der Waals surface area (Å²) in [6.07, 6.45) is 1.44. The molecule has 182 valence electrons. The highest BCUT2D eigenvalue weighted by Crippen LogP contribution is 2.40. The molecule has 3 heterocycles. The molecular weight excluding hydrogens is 473 g/mol. The van der Waals surface area contributed by atoms with Crippen LogP contribution >= 0.6 is 11.3 Å². The Labute approximate surface area is 212 Å². The Morgan fingerprint density at radius 3 is 1.81 bits per heavy atom. The van der Waals surface area contributed by atoms with Gasteiger partial charge >= 0.3 is 0 Å². The van der Waals surface area contributed by atoms with Crippen LogP contribution in [0.25, 0.3) is 4.96 Å². The lowest BCUT2D eigenvalue weighted by molar-refractivity contribution is 0.0899. The molecule has 5 aromatic rings. The monoisotopic (exact) mass is 499 g/mol. The van der Waals surface area contributed by atoms with Crippen LogP contribution in [0.4, 0.5) is 4.39 Å². The van der Waals surface area contributed by atoms with E-state index in [1.54, 1.807) is 12.1 Å². The number of halogens is 1. The third kappa shape index (κ3) is 4.28. The van der Waals surface area contributed by atoms with Crippen LogP contribution in [0.5, 0.6) is 5.88 Å². The maximum Gasteiger partial charge on any atom is 0.230 e. The van der Waals surface area contributed by atoms with Crippen molar-refractivity contribution in [1.82, 2.24) is 24.4 Å². The second-order valence-corrected chi connectivity index (χ2v) is 10.0. The molecule has 1 unspecified atom stereocenters. The van der Waals surface area contributed by atoms with E-state index in [1.807, 2.05) is 0 Å². The number of rotatable bonds is 6. The van der Waals surface area contributed by atoms with Gasteiger partial charge in [-0.05, 0) is 28.8 Å². The number of fused-ring (bicyclic) bond motifs is 1. The van der Waals surface area contributed by atoms with Gasteiger partial charge in [-0.3, -0.25) is 9.80 Å². The Morgan fingerprint density at radius 2 is 1.25 bits per heavy atom. The summed E-state index contributed by atoms with van der Waals surface area (Å²) >= 11 is 1.42. The average Bonchev–Trinajstić information content (AvgIpc) is 3.51. The summed E-state index contributed by atoms with van der Waals surface area (Å²) in [7, 11) is 0. The summed E-state index contributed by atoms with van der Waals surface area (Å²) in [5.41, 5.74) is 3.48. The van der Waals surface area contributed by atoms with E-state index in [1.165, 1.54) is 45.4 Å². The standard InChI is InChI=1S/C28H26FN5OS/c29-23-13-11-22(12-14-23)25(26-27(35)34-28(36-26)30-19-31-34)33-17-15-32(16-18-33)24(20-7-3-1-4-8-20)21-9-5-2-6-10-21/h1-14,19,24-25,35H,15-18H2. The second-order valence-electron chi connectivity index (χ2n) is 8.99. The number of thiazole rings is 1. The van der Waals surface area contributed by atoms with Crippen molar-refractivity contribution in [3.8, 4) is 5.88 Å². The predicted octanol–water partition coefficient (Wildman–Crippen LogP) is 5.13. The highest BCUT2D eigenvalue weighted by Gasteiger charge is 2.33. The average molecular weight is 500 g/mol. The second kappa shape index (κ2) is 9.81. The van der Waals surface area contributed by atoms with Crippen LogP contribution in [0.1, 0.15) is 33.7 Å². The molecule has 0 saturated carbocycles. The van der Waals surface area contributed by atoms with Crippen LogP contribution in [-0.4, -0.2) is 55.7 Å². The van der Waals surface area contributed by atoms with Crippen LogP contribution in [0, 0.1) is 5.82 Å². The Bertz CT molecular complexity index is 1390. The van der Waals surface area contributed by atoms with Crippen LogP contribution in [-0.2, 0) is 0 Å². The van der Waals surface area contributed by atoms with Crippen molar-refractivity contribution in [2.75, 3.05) is 26.2 Å². The number of benzene rings is 3. The molecule has 1 N–H and O–H groups in total. The molecule has 6 rings (SSSR count). The normalized spacial score (nSPS) is 16.1. The van der Waals surface area contributed by atoms with Gasteiger partial charge in [0.25, 0.3) is 0 Å². The van der Waals surface area contributed by atoms with E-state index in [0.717, 1.165) is 36.6 Å². The minimum Gasteiger partial charge on any atom is -0.492 e. The molecule has 3 aromatic carbocycles. The lowest BCUT2D eigenvalue weighted by Crippen LogP contribution is -2.49. The van der Waals surface area contributed by atoms with Gasteiger partial charge in [-0.2, -0.15) is 9.61 Å². The fraction of sp³-hybridized carbons (Fsp3) is 0.214. The minimum atomic E-state index is -0.275. The maximum absolute atomic E-state index is 13.8. The van der Waals surface area contributed by atoms with Crippen molar-refractivity contribution in [2.24, 2.45) is 0 Å². The summed E-state index contributed by atoms with van der Waals surface area (Å²) < 4.78 is 15.2. The van der Waals surface area contributed by atoms with E-state index < -0.39 is 0 Å². The largest absolute Gasteiger partial charge is 0.492 e. The minimum absolute atomic E-state index is 0.0932. The molecule has 36 heavy (non-hydrogen) atoms.